The number of benzene rings is 2. The average molecular weight is 345 g/mol. The quantitative estimate of drug-likeness (QED) is 0.835. The highest BCUT2D eigenvalue weighted by Gasteiger charge is 2.17. The first-order valence-corrected chi connectivity index (χ1v) is 8.34. The maximum atomic E-state index is 12.3. The van der Waals surface area contributed by atoms with Crippen molar-refractivity contribution in [1.82, 2.24) is 4.72 Å². The van der Waals surface area contributed by atoms with Crippen LogP contribution in [0.3, 0.4) is 0 Å². The van der Waals surface area contributed by atoms with Gasteiger partial charge in [-0.15, -0.1) is 0 Å². The lowest BCUT2D eigenvalue weighted by Gasteiger charge is -2.10. The summed E-state index contributed by atoms with van der Waals surface area (Å²) in [6.07, 6.45) is 0. The van der Waals surface area contributed by atoms with Gasteiger partial charge in [0.25, 0.3) is 0 Å². The third-order valence-electron chi connectivity index (χ3n) is 2.98. The van der Waals surface area contributed by atoms with Gasteiger partial charge in [0, 0.05) is 11.6 Å². The van der Waals surface area contributed by atoms with Crippen LogP contribution < -0.4 is 10.5 Å². The van der Waals surface area contributed by atoms with Crippen LogP contribution in [-0.2, 0) is 16.6 Å². The van der Waals surface area contributed by atoms with Crippen LogP contribution in [-0.4, -0.2) is 8.42 Å². The zero-order valence-electron chi connectivity index (χ0n) is 11.2. The van der Waals surface area contributed by atoms with Crippen molar-refractivity contribution in [1.29, 1.82) is 0 Å². The molecule has 0 aromatic heterocycles. The van der Waals surface area contributed by atoms with Gasteiger partial charge in [-0.25, -0.2) is 13.1 Å². The Kier molecular flexibility index (Phi) is 4.78. The van der Waals surface area contributed by atoms with E-state index in [1.54, 1.807) is 31.2 Å². The second kappa shape index (κ2) is 6.23. The van der Waals surface area contributed by atoms with E-state index in [0.29, 0.717) is 21.2 Å². The maximum absolute atomic E-state index is 12.3. The van der Waals surface area contributed by atoms with Crippen LogP contribution in [0.15, 0.2) is 41.3 Å². The number of nitrogen functional groups attached to an aromatic ring is 1. The summed E-state index contributed by atoms with van der Waals surface area (Å²) in [5.41, 5.74) is 7.24. The largest absolute Gasteiger partial charge is 0.397 e. The number of nitrogens with two attached hydrogens (primary N) is 1. The first-order chi connectivity index (χ1) is 9.81. The molecule has 0 aliphatic heterocycles. The van der Waals surface area contributed by atoms with Crippen LogP contribution in [0, 0.1) is 6.92 Å². The zero-order valence-corrected chi connectivity index (χ0v) is 13.6. The van der Waals surface area contributed by atoms with Gasteiger partial charge in [-0.2, -0.15) is 0 Å². The van der Waals surface area contributed by atoms with Crippen LogP contribution in [0.5, 0.6) is 0 Å². The normalized spacial score (nSPS) is 11.6. The molecule has 7 heteroatoms. The van der Waals surface area contributed by atoms with Gasteiger partial charge in [-0.1, -0.05) is 41.4 Å². The van der Waals surface area contributed by atoms with Gasteiger partial charge in [-0.3, -0.25) is 0 Å². The molecule has 0 heterocycles. The van der Waals surface area contributed by atoms with E-state index in [2.05, 4.69) is 4.72 Å². The molecule has 3 N–H and O–H groups in total. The molecule has 0 atom stereocenters. The van der Waals surface area contributed by atoms with Crippen LogP contribution in [0.25, 0.3) is 0 Å². The van der Waals surface area contributed by atoms with Crippen molar-refractivity contribution >= 4 is 38.9 Å². The van der Waals surface area contributed by atoms with E-state index in [-0.39, 0.29) is 17.1 Å². The summed E-state index contributed by atoms with van der Waals surface area (Å²) in [7, 11) is -3.68. The number of hydrogen-bond acceptors (Lipinski definition) is 3. The first kappa shape index (κ1) is 16.1. The molecule has 112 valence electrons. The van der Waals surface area contributed by atoms with Gasteiger partial charge in [0.2, 0.25) is 10.0 Å². The lowest BCUT2D eigenvalue weighted by molar-refractivity contribution is 0.581. The van der Waals surface area contributed by atoms with E-state index >= 15 is 0 Å². The Labute approximate surface area is 133 Å². The summed E-state index contributed by atoms with van der Waals surface area (Å²) in [5.74, 6) is 0. The fraction of sp³-hybridized carbons (Fsp3) is 0.143. The summed E-state index contributed by atoms with van der Waals surface area (Å²) in [4.78, 5) is 0.0777. The molecule has 0 saturated carbocycles. The van der Waals surface area contributed by atoms with E-state index in [0.717, 1.165) is 0 Å². The van der Waals surface area contributed by atoms with E-state index in [1.165, 1.54) is 12.1 Å². The summed E-state index contributed by atoms with van der Waals surface area (Å²) >= 11 is 11.9. The molecule has 4 nitrogen and oxygen atoms in total. The lowest BCUT2D eigenvalue weighted by atomic mass is 10.2. The van der Waals surface area contributed by atoms with E-state index < -0.39 is 10.0 Å². The Hall–Kier alpha value is -1.27. The smallest absolute Gasteiger partial charge is 0.240 e. The van der Waals surface area contributed by atoms with E-state index in [1.807, 2.05) is 0 Å². The van der Waals surface area contributed by atoms with E-state index in [9.17, 15) is 8.42 Å². The van der Waals surface area contributed by atoms with Crippen molar-refractivity contribution in [2.24, 2.45) is 0 Å². The molecule has 0 amide bonds. The van der Waals surface area contributed by atoms with Crippen molar-refractivity contribution in [3.8, 4) is 0 Å². The van der Waals surface area contributed by atoms with Crippen molar-refractivity contribution in [2.45, 2.75) is 18.4 Å². The predicted molar refractivity (Wildman–Crippen MR) is 86.1 cm³/mol. The van der Waals surface area contributed by atoms with Crippen molar-refractivity contribution < 1.29 is 8.42 Å². The lowest BCUT2D eigenvalue weighted by Crippen LogP contribution is -2.23. The fourth-order valence-corrected chi connectivity index (χ4v) is 3.25. The minimum Gasteiger partial charge on any atom is -0.397 e. The van der Waals surface area contributed by atoms with Crippen LogP contribution >= 0.6 is 23.2 Å². The Bertz CT molecular complexity index is 753. The SMILES string of the molecule is Cc1cc(S(=O)(=O)NCc2ccccc2Cl)cc(N)c1Cl. The minimum atomic E-state index is -3.68. The van der Waals surface area contributed by atoms with Gasteiger partial charge in [-0.05, 0) is 36.2 Å². The zero-order chi connectivity index (χ0) is 15.6. The summed E-state index contributed by atoms with van der Waals surface area (Å²) in [6, 6.07) is 9.85. The van der Waals surface area contributed by atoms with Crippen molar-refractivity contribution in [3.63, 3.8) is 0 Å². The molecule has 0 spiro atoms. The molecule has 0 saturated heterocycles. The molecule has 0 unspecified atom stereocenters. The first-order valence-electron chi connectivity index (χ1n) is 6.10. The molecule has 2 aromatic carbocycles. The van der Waals surface area contributed by atoms with Crippen molar-refractivity contribution in [3.05, 3.63) is 57.6 Å². The highest BCUT2D eigenvalue weighted by atomic mass is 35.5. The monoisotopic (exact) mass is 344 g/mol. The highest BCUT2D eigenvalue weighted by Crippen LogP contribution is 2.27. The van der Waals surface area contributed by atoms with E-state index in [4.69, 9.17) is 28.9 Å². The summed E-state index contributed by atoms with van der Waals surface area (Å²) in [5, 5.41) is 0.868. The van der Waals surface area contributed by atoms with Gasteiger partial charge in [0.15, 0.2) is 0 Å². The Morgan fingerprint density at radius 2 is 1.86 bits per heavy atom. The summed E-state index contributed by atoms with van der Waals surface area (Å²) in [6.45, 7) is 1.80. The molecule has 0 aliphatic carbocycles. The van der Waals surface area contributed by atoms with Crippen LogP contribution in [0.2, 0.25) is 10.0 Å². The highest BCUT2D eigenvalue weighted by molar-refractivity contribution is 7.89. The van der Waals surface area contributed by atoms with Gasteiger partial charge in [0.05, 0.1) is 15.6 Å². The predicted octanol–water partition coefficient (Wildman–Crippen LogP) is 3.36. The number of anilines is 1. The molecule has 0 fully saturated rings. The molecular formula is C14H14Cl2N2O2S. The number of hydrogen-bond donors (Lipinski definition) is 2. The van der Waals surface area contributed by atoms with Gasteiger partial charge in [0.1, 0.15) is 0 Å². The average Bonchev–Trinajstić information content (AvgIpc) is 2.43. The number of rotatable bonds is 4. The third-order valence-corrected chi connectivity index (χ3v) is 5.24. The fourth-order valence-electron chi connectivity index (χ4n) is 1.82. The standard InChI is InChI=1S/C14H14Cl2N2O2S/c1-9-6-11(7-13(17)14(9)16)21(19,20)18-8-10-4-2-3-5-12(10)15/h2-7,18H,8,17H2,1H3. The number of aryl methyl sites for hydroxylation is 1. The third kappa shape index (κ3) is 3.68. The van der Waals surface area contributed by atoms with Crippen molar-refractivity contribution in [2.75, 3.05) is 5.73 Å². The molecule has 0 bridgehead atoms. The Morgan fingerprint density at radius 1 is 1.19 bits per heavy atom. The van der Waals surface area contributed by atoms with Crippen LogP contribution in [0.4, 0.5) is 5.69 Å². The van der Waals surface area contributed by atoms with Gasteiger partial charge < -0.3 is 5.73 Å². The second-order valence-electron chi connectivity index (χ2n) is 4.56. The number of nitrogens with one attached hydrogen (secondary N) is 1. The number of sulfonamides is 1. The second-order valence-corrected chi connectivity index (χ2v) is 7.11. The molecule has 0 radical (unpaired) electrons. The topological polar surface area (TPSA) is 72.2 Å². The molecule has 0 aliphatic rings. The molecular weight excluding hydrogens is 331 g/mol. The van der Waals surface area contributed by atoms with Gasteiger partial charge >= 0.3 is 0 Å². The summed E-state index contributed by atoms with van der Waals surface area (Å²) < 4.78 is 27.1. The molecule has 2 rings (SSSR count). The minimum absolute atomic E-state index is 0.0777. The molecule has 21 heavy (non-hydrogen) atoms. The maximum Gasteiger partial charge on any atom is 0.240 e. The van der Waals surface area contributed by atoms with Crippen LogP contribution in [0.1, 0.15) is 11.1 Å². The Balaban J connectivity index is 2.25. The Morgan fingerprint density at radius 3 is 2.48 bits per heavy atom. The molecule has 2 aromatic rings. The number of halogens is 2.